The summed E-state index contributed by atoms with van der Waals surface area (Å²) in [6.45, 7) is 0.932. The molecule has 1 aromatic heterocycles. The predicted molar refractivity (Wildman–Crippen MR) is 102 cm³/mol. The number of para-hydroxylation sites is 1. The van der Waals surface area contributed by atoms with Crippen molar-refractivity contribution in [3.8, 4) is 11.4 Å². The van der Waals surface area contributed by atoms with Gasteiger partial charge >= 0.3 is 0 Å². The van der Waals surface area contributed by atoms with Gasteiger partial charge in [-0.05, 0) is 42.0 Å². The normalized spacial score (nSPS) is 10.5. The van der Waals surface area contributed by atoms with E-state index < -0.39 is 0 Å². The Morgan fingerprint density at radius 1 is 1.15 bits per heavy atom. The first-order valence-electron chi connectivity index (χ1n) is 8.33. The van der Waals surface area contributed by atoms with Crippen molar-refractivity contribution in [1.82, 2.24) is 14.7 Å². The Morgan fingerprint density at radius 2 is 1.88 bits per heavy atom. The molecule has 0 saturated heterocycles. The number of carbonyl (C=O) groups excluding carboxylic acids is 1. The minimum absolute atomic E-state index is 0.0253. The van der Waals surface area contributed by atoms with Crippen molar-refractivity contribution in [2.24, 2.45) is 0 Å². The van der Waals surface area contributed by atoms with Crippen LogP contribution in [0.4, 0.5) is 0 Å². The summed E-state index contributed by atoms with van der Waals surface area (Å²) in [5.74, 6) is 0.761. The summed E-state index contributed by atoms with van der Waals surface area (Å²) in [6, 6.07) is 17.0. The second kappa shape index (κ2) is 8.54. The topological polar surface area (TPSA) is 47.4 Å². The van der Waals surface area contributed by atoms with Crippen LogP contribution in [-0.4, -0.2) is 40.8 Å². The van der Waals surface area contributed by atoms with Crippen molar-refractivity contribution in [2.75, 3.05) is 20.2 Å². The molecule has 0 spiro atoms. The first-order valence-corrected chi connectivity index (χ1v) is 8.71. The van der Waals surface area contributed by atoms with Crippen LogP contribution in [0.15, 0.2) is 67.0 Å². The maximum atomic E-state index is 12.4. The third-order valence-electron chi connectivity index (χ3n) is 3.95. The molecule has 26 heavy (non-hydrogen) atoms. The fourth-order valence-electron chi connectivity index (χ4n) is 2.44. The highest BCUT2D eigenvalue weighted by atomic mass is 35.5. The van der Waals surface area contributed by atoms with Crippen LogP contribution in [0.1, 0.15) is 5.56 Å². The van der Waals surface area contributed by atoms with E-state index in [4.69, 9.17) is 16.3 Å². The van der Waals surface area contributed by atoms with Crippen molar-refractivity contribution in [3.63, 3.8) is 0 Å². The smallest absolute Gasteiger partial charge is 0.226 e. The van der Waals surface area contributed by atoms with E-state index in [1.807, 2.05) is 48.7 Å². The molecule has 1 amide bonds. The minimum Gasteiger partial charge on any atom is -0.492 e. The third-order valence-corrected chi connectivity index (χ3v) is 4.20. The summed E-state index contributed by atoms with van der Waals surface area (Å²) in [4.78, 5) is 14.0. The van der Waals surface area contributed by atoms with Crippen molar-refractivity contribution >= 4 is 17.5 Å². The van der Waals surface area contributed by atoms with Gasteiger partial charge in [-0.15, -0.1) is 0 Å². The van der Waals surface area contributed by atoms with Gasteiger partial charge in [0.2, 0.25) is 5.91 Å². The van der Waals surface area contributed by atoms with E-state index in [1.165, 1.54) is 0 Å². The maximum absolute atomic E-state index is 12.4. The molecule has 5 nitrogen and oxygen atoms in total. The third kappa shape index (κ3) is 4.86. The lowest BCUT2D eigenvalue weighted by atomic mass is 10.2. The van der Waals surface area contributed by atoms with E-state index in [2.05, 4.69) is 5.10 Å². The second-order valence-electron chi connectivity index (χ2n) is 5.92. The number of aromatic nitrogens is 2. The summed E-state index contributed by atoms with van der Waals surface area (Å²) in [6.07, 6.45) is 3.92. The van der Waals surface area contributed by atoms with Gasteiger partial charge in [0.25, 0.3) is 0 Å². The number of likely N-dealkylation sites (N-methyl/N-ethyl adjacent to an activating group) is 1. The van der Waals surface area contributed by atoms with Gasteiger partial charge in [-0.1, -0.05) is 29.8 Å². The number of ether oxygens (including phenoxy) is 1. The maximum Gasteiger partial charge on any atom is 0.226 e. The number of nitrogens with zero attached hydrogens (tertiary/aromatic N) is 3. The second-order valence-corrected chi connectivity index (χ2v) is 6.36. The van der Waals surface area contributed by atoms with Crippen molar-refractivity contribution in [1.29, 1.82) is 0 Å². The molecule has 0 unspecified atom stereocenters. The summed E-state index contributed by atoms with van der Waals surface area (Å²) in [7, 11) is 1.77. The lowest BCUT2D eigenvalue weighted by molar-refractivity contribution is -0.129. The number of amides is 1. The van der Waals surface area contributed by atoms with Gasteiger partial charge in [0.15, 0.2) is 0 Å². The van der Waals surface area contributed by atoms with Crippen LogP contribution >= 0.6 is 11.6 Å². The highest BCUT2D eigenvalue weighted by molar-refractivity contribution is 6.30. The van der Waals surface area contributed by atoms with Crippen LogP contribution in [0.3, 0.4) is 0 Å². The van der Waals surface area contributed by atoms with Crippen LogP contribution in [-0.2, 0) is 11.2 Å². The molecule has 0 radical (unpaired) electrons. The first-order chi connectivity index (χ1) is 12.6. The highest BCUT2D eigenvalue weighted by Gasteiger charge is 2.11. The molecule has 0 aliphatic rings. The molecule has 3 rings (SSSR count). The molecule has 1 heterocycles. The Morgan fingerprint density at radius 3 is 2.62 bits per heavy atom. The van der Waals surface area contributed by atoms with E-state index in [0.717, 1.165) is 17.0 Å². The van der Waals surface area contributed by atoms with Crippen LogP contribution < -0.4 is 4.74 Å². The minimum atomic E-state index is 0.0253. The number of rotatable bonds is 7. The Kier molecular flexibility index (Phi) is 5.92. The Hall–Kier alpha value is -2.79. The molecule has 0 bridgehead atoms. The average Bonchev–Trinajstić information content (AvgIpc) is 3.12. The summed E-state index contributed by atoms with van der Waals surface area (Å²) in [5, 5.41) is 4.99. The fourth-order valence-corrected chi connectivity index (χ4v) is 2.56. The zero-order valence-electron chi connectivity index (χ0n) is 14.5. The van der Waals surface area contributed by atoms with Gasteiger partial charge in [-0.25, -0.2) is 4.68 Å². The largest absolute Gasteiger partial charge is 0.492 e. The monoisotopic (exact) mass is 369 g/mol. The van der Waals surface area contributed by atoms with Gasteiger partial charge in [-0.2, -0.15) is 5.10 Å². The predicted octanol–water partition coefficient (Wildman–Crippen LogP) is 3.61. The number of carbonyl (C=O) groups is 1. The highest BCUT2D eigenvalue weighted by Crippen LogP contribution is 2.15. The molecule has 0 N–H and O–H groups in total. The Labute approximate surface area is 157 Å². The number of halogens is 1. The molecule has 134 valence electrons. The van der Waals surface area contributed by atoms with E-state index in [1.54, 1.807) is 35.0 Å². The molecular weight excluding hydrogens is 350 g/mol. The van der Waals surface area contributed by atoms with Gasteiger partial charge in [-0.3, -0.25) is 4.79 Å². The zero-order chi connectivity index (χ0) is 18.4. The number of benzene rings is 2. The van der Waals surface area contributed by atoms with E-state index in [0.29, 0.717) is 24.6 Å². The van der Waals surface area contributed by atoms with Crippen molar-refractivity contribution in [3.05, 3.63) is 77.6 Å². The molecule has 2 aromatic carbocycles. The average molecular weight is 370 g/mol. The van der Waals surface area contributed by atoms with E-state index in [-0.39, 0.29) is 5.91 Å². The number of hydrogen-bond acceptors (Lipinski definition) is 3. The summed E-state index contributed by atoms with van der Waals surface area (Å²) in [5.41, 5.74) is 1.85. The molecule has 3 aromatic rings. The van der Waals surface area contributed by atoms with Crippen LogP contribution in [0.5, 0.6) is 5.75 Å². The lowest BCUT2D eigenvalue weighted by Crippen LogP contribution is -2.32. The van der Waals surface area contributed by atoms with Gasteiger partial charge < -0.3 is 9.64 Å². The van der Waals surface area contributed by atoms with Crippen LogP contribution in [0, 0.1) is 0 Å². The first kappa shape index (κ1) is 18.0. The number of hydrogen-bond donors (Lipinski definition) is 0. The zero-order valence-corrected chi connectivity index (χ0v) is 15.3. The van der Waals surface area contributed by atoms with Gasteiger partial charge in [0.1, 0.15) is 12.4 Å². The molecule has 0 atom stereocenters. The molecule has 0 saturated carbocycles. The van der Waals surface area contributed by atoms with Gasteiger partial charge in [0.05, 0.1) is 24.8 Å². The van der Waals surface area contributed by atoms with E-state index >= 15 is 0 Å². The summed E-state index contributed by atoms with van der Waals surface area (Å²) < 4.78 is 7.40. The van der Waals surface area contributed by atoms with Crippen LogP contribution in [0.25, 0.3) is 5.69 Å². The fraction of sp³-hybridized carbons (Fsp3) is 0.200. The quantitative estimate of drug-likeness (QED) is 0.639. The summed E-state index contributed by atoms with van der Waals surface area (Å²) >= 11 is 5.84. The lowest BCUT2D eigenvalue weighted by Gasteiger charge is -2.17. The Bertz CT molecular complexity index is 847. The molecular formula is C20H20ClN3O2. The van der Waals surface area contributed by atoms with Crippen LogP contribution in [0.2, 0.25) is 5.02 Å². The molecule has 0 fully saturated rings. The molecule has 0 aliphatic carbocycles. The SMILES string of the molecule is CN(CCOc1ccc(Cl)cc1)C(=O)Cc1cnn(-c2ccccc2)c1. The Balaban J connectivity index is 1.48. The van der Waals surface area contributed by atoms with Crippen molar-refractivity contribution < 1.29 is 9.53 Å². The van der Waals surface area contributed by atoms with Crippen molar-refractivity contribution in [2.45, 2.75) is 6.42 Å². The molecule has 6 heteroatoms. The molecule has 0 aliphatic heterocycles. The van der Waals surface area contributed by atoms with E-state index in [9.17, 15) is 4.79 Å². The standard InChI is InChI=1S/C20H20ClN3O2/c1-23(11-12-26-19-9-7-17(21)8-10-19)20(25)13-16-14-22-24(15-16)18-5-3-2-4-6-18/h2-10,14-15H,11-13H2,1H3. The van der Waals surface area contributed by atoms with Gasteiger partial charge in [0, 0.05) is 18.3 Å².